The van der Waals surface area contributed by atoms with E-state index in [4.69, 9.17) is 5.73 Å². The highest BCUT2D eigenvalue weighted by molar-refractivity contribution is 5.31. The van der Waals surface area contributed by atoms with Gasteiger partial charge < -0.3 is 5.73 Å². The molecule has 0 heterocycles. The molecular formula is C11H19N. The van der Waals surface area contributed by atoms with Crippen LogP contribution in [0, 0.1) is 0 Å². The maximum absolute atomic E-state index is 5.59. The molecule has 1 heteroatoms. The largest absolute Gasteiger partial charge is 0.399 e. The van der Waals surface area contributed by atoms with Crippen molar-refractivity contribution in [2.75, 3.05) is 0 Å². The molecule has 0 rings (SSSR count). The van der Waals surface area contributed by atoms with Crippen LogP contribution in [-0.2, 0) is 0 Å². The molecule has 0 amide bonds. The van der Waals surface area contributed by atoms with Gasteiger partial charge in [0.05, 0.1) is 0 Å². The Bertz CT molecular complexity index is 163. The zero-order chi connectivity index (χ0) is 9.98. The van der Waals surface area contributed by atoms with Crippen LogP contribution in [0.25, 0.3) is 0 Å². The second-order valence-electron chi connectivity index (χ2n) is 1.94. The minimum Gasteiger partial charge on any atom is -0.399 e. The predicted octanol–water partition coefficient (Wildman–Crippen LogP) is 3.17. The molecule has 68 valence electrons. The quantitative estimate of drug-likeness (QED) is 0.639. The van der Waals surface area contributed by atoms with Crippen molar-refractivity contribution in [2.45, 2.75) is 20.8 Å². The van der Waals surface area contributed by atoms with Crippen molar-refractivity contribution >= 4 is 0 Å². The van der Waals surface area contributed by atoms with Crippen molar-refractivity contribution in [3.8, 4) is 0 Å². The molecule has 0 spiro atoms. The van der Waals surface area contributed by atoms with Gasteiger partial charge in [0, 0.05) is 5.70 Å². The van der Waals surface area contributed by atoms with Crippen LogP contribution >= 0.6 is 0 Å². The van der Waals surface area contributed by atoms with Crippen LogP contribution in [-0.4, -0.2) is 0 Å². The summed E-state index contributed by atoms with van der Waals surface area (Å²) in [6.07, 6.45) is 6.99. The molecule has 0 aliphatic carbocycles. The summed E-state index contributed by atoms with van der Waals surface area (Å²) < 4.78 is 0. The Labute approximate surface area is 76.0 Å². The Morgan fingerprint density at radius 1 is 1.08 bits per heavy atom. The van der Waals surface area contributed by atoms with E-state index in [9.17, 15) is 0 Å². The van der Waals surface area contributed by atoms with E-state index in [0.29, 0.717) is 0 Å². The van der Waals surface area contributed by atoms with Crippen LogP contribution in [0.15, 0.2) is 48.7 Å². The highest BCUT2D eigenvalue weighted by Crippen LogP contribution is 2.01. The molecule has 0 aliphatic rings. The maximum atomic E-state index is 5.59. The van der Waals surface area contributed by atoms with Gasteiger partial charge in [0.2, 0.25) is 0 Å². The van der Waals surface area contributed by atoms with Gasteiger partial charge in [-0.05, 0) is 18.6 Å². The van der Waals surface area contributed by atoms with Crippen LogP contribution in [0.5, 0.6) is 0 Å². The summed E-state index contributed by atoms with van der Waals surface area (Å²) in [6.45, 7) is 13.0. The monoisotopic (exact) mass is 165 g/mol. The van der Waals surface area contributed by atoms with Crippen molar-refractivity contribution in [1.82, 2.24) is 0 Å². The fourth-order valence-corrected chi connectivity index (χ4v) is 0.531. The molecular weight excluding hydrogens is 146 g/mol. The number of rotatable bonds is 3. The van der Waals surface area contributed by atoms with Crippen molar-refractivity contribution < 1.29 is 0 Å². The lowest BCUT2D eigenvalue weighted by atomic mass is 10.2. The summed E-state index contributed by atoms with van der Waals surface area (Å²) >= 11 is 0. The standard InChI is InChI=1S/C9H13N.C2H6/c1-4-6-8(3)9(10)7-5-2;1-2/h4-7H,1-2,10H2,3H3;1-2H3/b8-6-,9-7+;. The van der Waals surface area contributed by atoms with Crippen molar-refractivity contribution in [2.24, 2.45) is 5.73 Å². The molecule has 0 aromatic rings. The topological polar surface area (TPSA) is 26.0 Å². The third-order valence-electron chi connectivity index (χ3n) is 1.12. The van der Waals surface area contributed by atoms with Crippen molar-refractivity contribution in [1.29, 1.82) is 0 Å². The number of allylic oxidation sites excluding steroid dienone is 5. The highest BCUT2D eigenvalue weighted by Gasteiger charge is 1.87. The van der Waals surface area contributed by atoms with E-state index in [1.165, 1.54) is 0 Å². The van der Waals surface area contributed by atoms with Gasteiger partial charge >= 0.3 is 0 Å². The Morgan fingerprint density at radius 3 is 1.83 bits per heavy atom. The molecule has 0 saturated carbocycles. The molecule has 0 saturated heterocycles. The molecule has 0 bridgehead atoms. The van der Waals surface area contributed by atoms with Gasteiger partial charge in [-0.15, -0.1) is 0 Å². The summed E-state index contributed by atoms with van der Waals surface area (Å²) in [5.74, 6) is 0. The van der Waals surface area contributed by atoms with Crippen LogP contribution in [0.4, 0.5) is 0 Å². The molecule has 0 aliphatic heterocycles. The van der Waals surface area contributed by atoms with Crippen LogP contribution in [0.3, 0.4) is 0 Å². The van der Waals surface area contributed by atoms with Crippen molar-refractivity contribution in [3.63, 3.8) is 0 Å². The van der Waals surface area contributed by atoms with Gasteiger partial charge in [0.25, 0.3) is 0 Å². The molecule has 0 radical (unpaired) electrons. The minimum absolute atomic E-state index is 0.731. The van der Waals surface area contributed by atoms with Gasteiger partial charge in [-0.3, -0.25) is 0 Å². The predicted molar refractivity (Wildman–Crippen MR) is 57.8 cm³/mol. The summed E-state index contributed by atoms with van der Waals surface area (Å²) in [4.78, 5) is 0. The summed E-state index contributed by atoms with van der Waals surface area (Å²) in [6, 6.07) is 0. The van der Waals surface area contributed by atoms with Crippen LogP contribution in [0.2, 0.25) is 0 Å². The molecule has 0 fully saturated rings. The fraction of sp³-hybridized carbons (Fsp3) is 0.273. The number of nitrogens with two attached hydrogens (primary N) is 1. The Morgan fingerprint density at radius 2 is 1.50 bits per heavy atom. The normalized spacial score (nSPS) is 11.2. The molecule has 0 aromatic heterocycles. The third kappa shape index (κ3) is 6.87. The van der Waals surface area contributed by atoms with E-state index >= 15 is 0 Å². The van der Waals surface area contributed by atoms with E-state index < -0.39 is 0 Å². The van der Waals surface area contributed by atoms with Crippen LogP contribution in [0.1, 0.15) is 20.8 Å². The number of hydrogen-bond donors (Lipinski definition) is 1. The van der Waals surface area contributed by atoms with Gasteiger partial charge in [0.1, 0.15) is 0 Å². The summed E-state index contributed by atoms with van der Waals surface area (Å²) in [7, 11) is 0. The molecule has 12 heavy (non-hydrogen) atoms. The van der Waals surface area contributed by atoms with E-state index in [-0.39, 0.29) is 0 Å². The fourth-order valence-electron chi connectivity index (χ4n) is 0.531. The van der Waals surface area contributed by atoms with E-state index in [0.717, 1.165) is 11.3 Å². The Kier molecular flexibility index (Phi) is 10.9. The van der Waals surface area contributed by atoms with E-state index in [1.54, 1.807) is 18.2 Å². The Balaban J connectivity index is 0. The first-order chi connectivity index (χ1) is 5.72. The zero-order valence-electron chi connectivity index (χ0n) is 8.30. The van der Waals surface area contributed by atoms with Crippen molar-refractivity contribution in [3.05, 3.63) is 48.7 Å². The molecule has 1 nitrogen and oxygen atoms in total. The SMILES string of the molecule is C=C/C=C(C)\C(N)=C/C=C.CC. The van der Waals surface area contributed by atoms with Gasteiger partial charge in [-0.2, -0.15) is 0 Å². The average molecular weight is 165 g/mol. The highest BCUT2D eigenvalue weighted by atomic mass is 14.6. The average Bonchev–Trinajstić information content (AvgIpc) is 2.09. The number of hydrogen-bond acceptors (Lipinski definition) is 1. The summed E-state index contributed by atoms with van der Waals surface area (Å²) in [5, 5.41) is 0. The minimum atomic E-state index is 0.731. The third-order valence-corrected chi connectivity index (χ3v) is 1.12. The first-order valence-electron chi connectivity index (χ1n) is 4.10. The lowest BCUT2D eigenvalue weighted by Crippen LogP contribution is -1.96. The second kappa shape index (κ2) is 9.76. The van der Waals surface area contributed by atoms with E-state index in [2.05, 4.69) is 13.2 Å². The smallest absolute Gasteiger partial charge is 0.0343 e. The van der Waals surface area contributed by atoms with E-state index in [1.807, 2.05) is 26.8 Å². The first kappa shape index (κ1) is 13.4. The zero-order valence-corrected chi connectivity index (χ0v) is 8.30. The second-order valence-corrected chi connectivity index (χ2v) is 1.94. The Hall–Kier alpha value is -1.24. The summed E-state index contributed by atoms with van der Waals surface area (Å²) in [5.41, 5.74) is 7.33. The van der Waals surface area contributed by atoms with Gasteiger partial charge in [0.15, 0.2) is 0 Å². The lowest BCUT2D eigenvalue weighted by Gasteiger charge is -1.96. The molecule has 2 N–H and O–H groups in total. The molecule has 0 unspecified atom stereocenters. The molecule has 0 atom stereocenters. The molecule has 0 aromatic carbocycles. The van der Waals surface area contributed by atoms with Gasteiger partial charge in [-0.25, -0.2) is 0 Å². The first-order valence-corrected chi connectivity index (χ1v) is 4.10. The van der Waals surface area contributed by atoms with Gasteiger partial charge in [-0.1, -0.05) is 45.2 Å². The van der Waals surface area contributed by atoms with Crippen LogP contribution < -0.4 is 5.73 Å². The maximum Gasteiger partial charge on any atom is 0.0343 e. The lowest BCUT2D eigenvalue weighted by molar-refractivity contribution is 1.29.